The summed E-state index contributed by atoms with van der Waals surface area (Å²) in [7, 11) is -0.343. The number of hydrogen-bond donors (Lipinski definition) is 2. The van der Waals surface area contributed by atoms with E-state index in [1.807, 2.05) is 18.2 Å². The summed E-state index contributed by atoms with van der Waals surface area (Å²) in [6, 6.07) is 31.8. The maximum absolute atomic E-state index is 9.69. The Balaban J connectivity index is 1.60. The van der Waals surface area contributed by atoms with Gasteiger partial charge in [0, 0.05) is 0 Å². The molecule has 0 aromatic heterocycles. The number of hydrogen-bond acceptors (Lipinski definition) is 2. The molecule has 0 aliphatic carbocycles. The van der Waals surface area contributed by atoms with Crippen LogP contribution in [0.15, 0.2) is 91.0 Å². The first kappa shape index (κ1) is 18.8. The van der Waals surface area contributed by atoms with Gasteiger partial charge in [-0.15, -0.1) is 0 Å². The van der Waals surface area contributed by atoms with Crippen LogP contribution in [-0.4, -0.2) is 24.4 Å². The maximum atomic E-state index is 9.69. The molecule has 0 heterocycles. The molecule has 3 heteroatoms. The first-order chi connectivity index (χ1) is 12.9. The molecule has 2 nitrogen and oxygen atoms in total. The SMILES string of the molecule is OCC(NCCCP(c1ccccc1)c1ccccc1)c1ccccc1. The predicted octanol–water partition coefficient (Wildman–Crippen LogP) is 3.83. The summed E-state index contributed by atoms with van der Waals surface area (Å²) in [5, 5.41) is 16.0. The van der Waals surface area contributed by atoms with Gasteiger partial charge < -0.3 is 10.4 Å². The van der Waals surface area contributed by atoms with Crippen molar-refractivity contribution in [3.63, 3.8) is 0 Å². The molecular weight excluding hydrogens is 337 g/mol. The molecule has 2 N–H and O–H groups in total. The molecule has 0 saturated heterocycles. The van der Waals surface area contributed by atoms with E-state index in [9.17, 15) is 5.11 Å². The summed E-state index contributed by atoms with van der Waals surface area (Å²) < 4.78 is 0. The van der Waals surface area contributed by atoms with Crippen molar-refractivity contribution in [2.24, 2.45) is 0 Å². The van der Waals surface area contributed by atoms with Crippen molar-refractivity contribution in [3.8, 4) is 0 Å². The van der Waals surface area contributed by atoms with Gasteiger partial charge in [-0.25, -0.2) is 0 Å². The third-order valence-electron chi connectivity index (χ3n) is 4.47. The smallest absolute Gasteiger partial charge is 0.0626 e. The zero-order valence-corrected chi connectivity index (χ0v) is 15.9. The maximum Gasteiger partial charge on any atom is 0.0626 e. The average Bonchev–Trinajstić information content (AvgIpc) is 2.73. The van der Waals surface area contributed by atoms with Gasteiger partial charge in [-0.2, -0.15) is 0 Å². The Morgan fingerprint density at radius 2 is 1.23 bits per heavy atom. The van der Waals surface area contributed by atoms with Gasteiger partial charge in [-0.05, 0) is 43.2 Å². The molecule has 1 atom stereocenters. The lowest BCUT2D eigenvalue weighted by Gasteiger charge is -2.20. The molecule has 0 saturated carbocycles. The fourth-order valence-electron chi connectivity index (χ4n) is 3.11. The number of rotatable bonds is 9. The first-order valence-corrected chi connectivity index (χ1v) is 10.7. The van der Waals surface area contributed by atoms with E-state index in [0.29, 0.717) is 0 Å². The van der Waals surface area contributed by atoms with Crippen LogP contribution in [0.25, 0.3) is 0 Å². The van der Waals surface area contributed by atoms with Crippen molar-refractivity contribution in [2.45, 2.75) is 12.5 Å². The van der Waals surface area contributed by atoms with Crippen molar-refractivity contribution >= 4 is 18.5 Å². The van der Waals surface area contributed by atoms with Crippen LogP contribution in [0.2, 0.25) is 0 Å². The molecule has 3 aromatic rings. The third-order valence-corrected chi connectivity index (χ3v) is 7.08. The number of nitrogens with one attached hydrogen (secondary N) is 1. The third kappa shape index (κ3) is 5.25. The second kappa shape index (κ2) is 10.2. The predicted molar refractivity (Wildman–Crippen MR) is 113 cm³/mol. The van der Waals surface area contributed by atoms with Crippen LogP contribution in [0, 0.1) is 0 Å². The normalized spacial score (nSPS) is 12.2. The average molecular weight is 363 g/mol. The molecule has 3 aromatic carbocycles. The summed E-state index contributed by atoms with van der Waals surface area (Å²) in [6.07, 6.45) is 2.22. The van der Waals surface area contributed by atoms with Crippen LogP contribution >= 0.6 is 7.92 Å². The Kier molecular flexibility index (Phi) is 7.39. The molecule has 26 heavy (non-hydrogen) atoms. The highest BCUT2D eigenvalue weighted by atomic mass is 31.1. The van der Waals surface area contributed by atoms with Crippen LogP contribution in [0.1, 0.15) is 18.0 Å². The van der Waals surface area contributed by atoms with Gasteiger partial charge in [0.1, 0.15) is 0 Å². The Hall–Kier alpha value is -1.99. The molecular formula is C23H26NOP. The second-order valence-electron chi connectivity index (χ2n) is 6.28. The number of benzene rings is 3. The Morgan fingerprint density at radius 1 is 0.731 bits per heavy atom. The van der Waals surface area contributed by atoms with E-state index >= 15 is 0 Å². The summed E-state index contributed by atoms with van der Waals surface area (Å²) in [5.41, 5.74) is 1.14. The molecule has 0 bridgehead atoms. The van der Waals surface area contributed by atoms with E-state index in [0.717, 1.165) is 24.7 Å². The second-order valence-corrected chi connectivity index (χ2v) is 8.61. The highest BCUT2D eigenvalue weighted by molar-refractivity contribution is 7.73. The van der Waals surface area contributed by atoms with Crippen molar-refractivity contribution in [1.82, 2.24) is 5.32 Å². The molecule has 0 radical (unpaired) electrons. The van der Waals surface area contributed by atoms with Gasteiger partial charge in [0.05, 0.1) is 12.6 Å². The molecule has 0 amide bonds. The number of aliphatic hydroxyl groups is 1. The van der Waals surface area contributed by atoms with E-state index in [1.165, 1.54) is 10.6 Å². The van der Waals surface area contributed by atoms with Gasteiger partial charge in [-0.3, -0.25) is 0 Å². The minimum Gasteiger partial charge on any atom is -0.394 e. The van der Waals surface area contributed by atoms with E-state index in [4.69, 9.17) is 0 Å². The Labute approximate surface area is 157 Å². The van der Waals surface area contributed by atoms with Gasteiger partial charge in [0.15, 0.2) is 0 Å². The summed E-state index contributed by atoms with van der Waals surface area (Å²) in [5.74, 6) is 0. The van der Waals surface area contributed by atoms with E-state index in [-0.39, 0.29) is 20.6 Å². The van der Waals surface area contributed by atoms with E-state index in [2.05, 4.69) is 78.1 Å². The minimum atomic E-state index is -0.343. The van der Waals surface area contributed by atoms with Crippen molar-refractivity contribution < 1.29 is 5.11 Å². The standard InChI is InChI=1S/C23H26NOP/c25-19-23(20-11-4-1-5-12-20)24-17-10-18-26(21-13-6-2-7-14-21)22-15-8-3-9-16-22/h1-9,11-16,23-25H,10,17-19H2. The quantitative estimate of drug-likeness (QED) is 0.447. The lowest BCUT2D eigenvalue weighted by Crippen LogP contribution is -2.26. The van der Waals surface area contributed by atoms with Crippen molar-refractivity contribution in [1.29, 1.82) is 0 Å². The van der Waals surface area contributed by atoms with Crippen LogP contribution in [0.3, 0.4) is 0 Å². The van der Waals surface area contributed by atoms with E-state index in [1.54, 1.807) is 0 Å². The molecule has 0 aliphatic rings. The van der Waals surface area contributed by atoms with Gasteiger partial charge in [0.2, 0.25) is 0 Å². The zero-order valence-electron chi connectivity index (χ0n) is 15.0. The molecule has 1 unspecified atom stereocenters. The van der Waals surface area contributed by atoms with Crippen LogP contribution in [0.4, 0.5) is 0 Å². The minimum absolute atomic E-state index is 0.0101. The molecule has 0 spiro atoms. The Morgan fingerprint density at radius 3 is 1.73 bits per heavy atom. The Bertz CT molecular complexity index is 709. The van der Waals surface area contributed by atoms with Crippen LogP contribution in [0.5, 0.6) is 0 Å². The van der Waals surface area contributed by atoms with E-state index < -0.39 is 0 Å². The molecule has 134 valence electrons. The zero-order chi connectivity index (χ0) is 18.0. The first-order valence-electron chi connectivity index (χ1n) is 9.15. The highest BCUT2D eigenvalue weighted by Crippen LogP contribution is 2.33. The van der Waals surface area contributed by atoms with Crippen molar-refractivity contribution in [2.75, 3.05) is 19.3 Å². The van der Waals surface area contributed by atoms with Gasteiger partial charge >= 0.3 is 0 Å². The summed E-state index contributed by atoms with van der Waals surface area (Å²) >= 11 is 0. The number of aliphatic hydroxyl groups excluding tert-OH is 1. The van der Waals surface area contributed by atoms with Crippen molar-refractivity contribution in [3.05, 3.63) is 96.6 Å². The van der Waals surface area contributed by atoms with Crippen LogP contribution < -0.4 is 15.9 Å². The monoisotopic (exact) mass is 363 g/mol. The lowest BCUT2D eigenvalue weighted by atomic mass is 10.1. The molecule has 0 aliphatic heterocycles. The highest BCUT2D eigenvalue weighted by Gasteiger charge is 2.14. The molecule has 0 fully saturated rings. The fourth-order valence-corrected chi connectivity index (χ4v) is 5.46. The van der Waals surface area contributed by atoms with Gasteiger partial charge in [-0.1, -0.05) is 91.0 Å². The summed E-state index contributed by atoms with van der Waals surface area (Å²) in [6.45, 7) is 1.02. The van der Waals surface area contributed by atoms with Crippen LogP contribution in [-0.2, 0) is 0 Å². The largest absolute Gasteiger partial charge is 0.394 e. The van der Waals surface area contributed by atoms with Gasteiger partial charge in [0.25, 0.3) is 0 Å². The fraction of sp³-hybridized carbons (Fsp3) is 0.217. The lowest BCUT2D eigenvalue weighted by molar-refractivity contribution is 0.245. The molecule has 3 rings (SSSR count). The topological polar surface area (TPSA) is 32.3 Å². The summed E-state index contributed by atoms with van der Waals surface area (Å²) in [4.78, 5) is 0.